The third-order valence-electron chi connectivity index (χ3n) is 3.12. The number of aryl methyl sites for hydroxylation is 1. The van der Waals surface area contributed by atoms with Gasteiger partial charge in [0.25, 0.3) is 0 Å². The van der Waals surface area contributed by atoms with Gasteiger partial charge in [-0.1, -0.05) is 24.6 Å². The van der Waals surface area contributed by atoms with Gasteiger partial charge in [0.1, 0.15) is 0 Å². The van der Waals surface area contributed by atoms with Crippen molar-refractivity contribution in [1.29, 1.82) is 0 Å². The van der Waals surface area contributed by atoms with Gasteiger partial charge in [-0.15, -0.1) is 11.8 Å². The van der Waals surface area contributed by atoms with E-state index in [0.29, 0.717) is 11.7 Å². The number of thioether (sulfide) groups is 1. The molecular weight excluding hydrogens is 244 g/mol. The van der Waals surface area contributed by atoms with E-state index < -0.39 is 5.54 Å². The van der Waals surface area contributed by atoms with Gasteiger partial charge in [-0.25, -0.2) is 0 Å². The highest BCUT2D eigenvalue weighted by Gasteiger charge is 2.31. The van der Waals surface area contributed by atoms with E-state index in [9.17, 15) is 4.79 Å². The minimum absolute atomic E-state index is 0.304. The number of nitrogens with one attached hydrogen (secondary N) is 1. The molecule has 2 atom stereocenters. The number of nitrogens with two attached hydrogens (primary N) is 1. The zero-order valence-corrected chi connectivity index (χ0v) is 12.3. The number of hydrogen-bond donors (Lipinski definition) is 2. The van der Waals surface area contributed by atoms with E-state index in [1.54, 1.807) is 18.8 Å². The molecule has 0 bridgehead atoms. The maximum atomic E-state index is 11.4. The molecule has 1 rings (SSSR count). The van der Waals surface area contributed by atoms with Crippen molar-refractivity contribution in [2.45, 2.75) is 42.9 Å². The second kappa shape index (κ2) is 6.25. The third kappa shape index (κ3) is 4.03. The van der Waals surface area contributed by atoms with Gasteiger partial charge in [0.15, 0.2) is 0 Å². The second-order valence-corrected chi connectivity index (χ2v) is 6.41. The quantitative estimate of drug-likeness (QED) is 0.777. The standard InChI is InChI=1S/C14H22N2OS/c1-10-6-5-7-12(8-10)18-11(2)9-14(3,16-4)13(15)17/h5-8,11,16H,9H2,1-4H3,(H2,15,17). The Morgan fingerprint density at radius 1 is 1.56 bits per heavy atom. The molecule has 100 valence electrons. The largest absolute Gasteiger partial charge is 0.368 e. The van der Waals surface area contributed by atoms with Crippen LogP contribution in [0.3, 0.4) is 0 Å². The monoisotopic (exact) mass is 266 g/mol. The number of primary amides is 1. The summed E-state index contributed by atoms with van der Waals surface area (Å²) < 4.78 is 0. The maximum absolute atomic E-state index is 11.4. The zero-order chi connectivity index (χ0) is 13.8. The smallest absolute Gasteiger partial charge is 0.237 e. The summed E-state index contributed by atoms with van der Waals surface area (Å²) in [5, 5.41) is 3.33. The normalized spacial score (nSPS) is 16.0. The summed E-state index contributed by atoms with van der Waals surface area (Å²) in [7, 11) is 1.77. The van der Waals surface area contributed by atoms with E-state index in [4.69, 9.17) is 5.73 Å². The predicted octanol–water partition coefficient (Wildman–Crippen LogP) is 2.33. The first kappa shape index (κ1) is 15.1. The summed E-state index contributed by atoms with van der Waals surface area (Å²) in [6.07, 6.45) is 0.706. The van der Waals surface area contributed by atoms with Crippen molar-refractivity contribution in [3.05, 3.63) is 29.8 Å². The minimum Gasteiger partial charge on any atom is -0.368 e. The average molecular weight is 266 g/mol. The Bertz CT molecular complexity index is 422. The molecule has 3 N–H and O–H groups in total. The molecule has 2 unspecified atom stereocenters. The molecule has 3 nitrogen and oxygen atoms in total. The molecule has 0 heterocycles. The van der Waals surface area contributed by atoms with Crippen LogP contribution in [0, 0.1) is 6.92 Å². The molecule has 0 fully saturated rings. The van der Waals surface area contributed by atoms with E-state index in [2.05, 4.69) is 43.4 Å². The molecule has 1 amide bonds. The highest BCUT2D eigenvalue weighted by molar-refractivity contribution is 7.99. The van der Waals surface area contributed by atoms with Crippen LogP contribution >= 0.6 is 11.8 Å². The van der Waals surface area contributed by atoms with Gasteiger partial charge >= 0.3 is 0 Å². The Hall–Kier alpha value is -1.00. The molecule has 0 radical (unpaired) electrons. The topological polar surface area (TPSA) is 55.1 Å². The molecule has 0 spiro atoms. The molecule has 1 aromatic carbocycles. The Kier molecular flexibility index (Phi) is 5.23. The zero-order valence-electron chi connectivity index (χ0n) is 11.5. The maximum Gasteiger partial charge on any atom is 0.237 e. The van der Waals surface area contributed by atoms with Crippen LogP contribution in [-0.4, -0.2) is 23.7 Å². The highest BCUT2D eigenvalue weighted by Crippen LogP contribution is 2.29. The summed E-state index contributed by atoms with van der Waals surface area (Å²) in [5.74, 6) is -0.304. The first-order chi connectivity index (χ1) is 8.37. The lowest BCUT2D eigenvalue weighted by molar-refractivity contribution is -0.123. The van der Waals surface area contributed by atoms with Crippen molar-refractivity contribution >= 4 is 17.7 Å². The Morgan fingerprint density at radius 2 is 2.22 bits per heavy atom. The van der Waals surface area contributed by atoms with E-state index in [1.807, 2.05) is 6.92 Å². The number of carbonyl (C=O) groups excluding carboxylic acids is 1. The summed E-state index contributed by atoms with van der Waals surface area (Å²) in [4.78, 5) is 12.7. The van der Waals surface area contributed by atoms with Crippen LogP contribution < -0.4 is 11.1 Å². The molecule has 0 saturated heterocycles. The van der Waals surface area contributed by atoms with Gasteiger partial charge in [0, 0.05) is 10.1 Å². The SMILES string of the molecule is CNC(C)(CC(C)Sc1cccc(C)c1)C(N)=O. The van der Waals surface area contributed by atoms with E-state index in [0.717, 1.165) is 0 Å². The number of amides is 1. The number of carbonyl (C=O) groups is 1. The highest BCUT2D eigenvalue weighted by atomic mass is 32.2. The van der Waals surface area contributed by atoms with Crippen LogP contribution in [0.25, 0.3) is 0 Å². The Labute approximate surface area is 114 Å². The fraction of sp³-hybridized carbons (Fsp3) is 0.500. The Morgan fingerprint density at radius 3 is 2.72 bits per heavy atom. The molecule has 1 aromatic rings. The molecule has 0 aliphatic heterocycles. The Balaban J connectivity index is 2.66. The first-order valence-electron chi connectivity index (χ1n) is 6.09. The fourth-order valence-electron chi connectivity index (χ4n) is 1.86. The van der Waals surface area contributed by atoms with Gasteiger partial charge in [-0.05, 0) is 39.4 Å². The van der Waals surface area contributed by atoms with E-state index in [1.165, 1.54) is 10.5 Å². The van der Waals surface area contributed by atoms with Crippen LogP contribution in [0.15, 0.2) is 29.2 Å². The molecule has 0 saturated carbocycles. The van der Waals surface area contributed by atoms with Gasteiger partial charge < -0.3 is 11.1 Å². The van der Waals surface area contributed by atoms with Crippen LogP contribution in [0.2, 0.25) is 0 Å². The van der Waals surface area contributed by atoms with Crippen LogP contribution in [0.5, 0.6) is 0 Å². The summed E-state index contributed by atoms with van der Waals surface area (Å²) in [5.41, 5.74) is 6.04. The predicted molar refractivity (Wildman–Crippen MR) is 77.8 cm³/mol. The van der Waals surface area contributed by atoms with Crippen LogP contribution in [0.4, 0.5) is 0 Å². The number of benzene rings is 1. The lowest BCUT2D eigenvalue weighted by atomic mass is 9.95. The minimum atomic E-state index is -0.643. The fourth-order valence-corrected chi connectivity index (χ4v) is 3.16. The molecule has 0 aromatic heterocycles. The van der Waals surface area contributed by atoms with Crippen LogP contribution in [-0.2, 0) is 4.79 Å². The number of likely N-dealkylation sites (N-methyl/N-ethyl adjacent to an activating group) is 1. The van der Waals surface area contributed by atoms with Crippen molar-refractivity contribution < 1.29 is 4.79 Å². The van der Waals surface area contributed by atoms with Gasteiger partial charge in [0.05, 0.1) is 5.54 Å². The van der Waals surface area contributed by atoms with Gasteiger partial charge in [0.2, 0.25) is 5.91 Å². The van der Waals surface area contributed by atoms with Crippen LogP contribution in [0.1, 0.15) is 25.8 Å². The van der Waals surface area contributed by atoms with Crippen molar-refractivity contribution in [3.63, 3.8) is 0 Å². The number of rotatable bonds is 6. The molecule has 0 aliphatic rings. The summed E-state index contributed by atoms with van der Waals surface area (Å²) >= 11 is 1.77. The lowest BCUT2D eigenvalue weighted by Gasteiger charge is -2.28. The molecule has 4 heteroatoms. The second-order valence-electron chi connectivity index (χ2n) is 4.90. The average Bonchev–Trinajstić information content (AvgIpc) is 2.28. The number of hydrogen-bond acceptors (Lipinski definition) is 3. The molecular formula is C14H22N2OS. The van der Waals surface area contributed by atoms with Gasteiger partial charge in [-0.3, -0.25) is 4.79 Å². The van der Waals surface area contributed by atoms with Crippen molar-refractivity contribution in [2.75, 3.05) is 7.05 Å². The van der Waals surface area contributed by atoms with E-state index in [-0.39, 0.29) is 5.91 Å². The summed E-state index contributed by atoms with van der Waals surface area (Å²) in [6.45, 7) is 6.05. The molecule has 18 heavy (non-hydrogen) atoms. The van der Waals surface area contributed by atoms with E-state index >= 15 is 0 Å². The lowest BCUT2D eigenvalue weighted by Crippen LogP contribution is -2.52. The van der Waals surface area contributed by atoms with Crippen molar-refractivity contribution in [1.82, 2.24) is 5.32 Å². The first-order valence-corrected chi connectivity index (χ1v) is 6.97. The van der Waals surface area contributed by atoms with Gasteiger partial charge in [-0.2, -0.15) is 0 Å². The van der Waals surface area contributed by atoms with Crippen molar-refractivity contribution in [3.8, 4) is 0 Å². The summed E-state index contributed by atoms with van der Waals surface area (Å²) in [6, 6.07) is 8.38. The molecule has 0 aliphatic carbocycles. The van der Waals surface area contributed by atoms with Crippen molar-refractivity contribution in [2.24, 2.45) is 5.73 Å². The third-order valence-corrected chi connectivity index (χ3v) is 4.21.